The first-order chi connectivity index (χ1) is 8.88. The molecule has 1 aliphatic heterocycles. The SMILES string of the molecule is CC(OCc1cc2c(cc1N)OCCO2)C(F)(F)F. The van der Waals surface area contributed by atoms with Gasteiger partial charge in [-0.15, -0.1) is 0 Å². The first kappa shape index (κ1) is 13.8. The Morgan fingerprint density at radius 3 is 2.42 bits per heavy atom. The normalized spacial score (nSPS) is 16.2. The van der Waals surface area contributed by atoms with Crippen molar-refractivity contribution in [1.82, 2.24) is 0 Å². The predicted octanol–water partition coefficient (Wildman–Crippen LogP) is 2.51. The van der Waals surface area contributed by atoms with E-state index >= 15 is 0 Å². The Labute approximate surface area is 108 Å². The molecule has 0 aromatic heterocycles. The van der Waals surface area contributed by atoms with Crippen LogP contribution in [0, 0.1) is 0 Å². The number of alkyl halides is 3. The van der Waals surface area contributed by atoms with E-state index < -0.39 is 12.3 Å². The molecule has 0 amide bonds. The van der Waals surface area contributed by atoms with Gasteiger partial charge in [0.05, 0.1) is 6.61 Å². The van der Waals surface area contributed by atoms with E-state index in [-0.39, 0.29) is 6.61 Å². The number of ether oxygens (including phenoxy) is 3. The quantitative estimate of drug-likeness (QED) is 0.862. The van der Waals surface area contributed by atoms with Crippen molar-refractivity contribution in [2.24, 2.45) is 0 Å². The number of rotatable bonds is 3. The molecule has 0 aliphatic carbocycles. The van der Waals surface area contributed by atoms with Gasteiger partial charge in [-0.05, 0) is 13.0 Å². The number of nitrogens with two attached hydrogens (primary N) is 1. The number of benzene rings is 1. The molecule has 0 spiro atoms. The summed E-state index contributed by atoms with van der Waals surface area (Å²) < 4.78 is 52.4. The van der Waals surface area contributed by atoms with Crippen LogP contribution in [0.25, 0.3) is 0 Å². The average molecular weight is 277 g/mol. The fourth-order valence-electron chi connectivity index (χ4n) is 1.58. The Hall–Kier alpha value is -1.63. The molecule has 0 bridgehead atoms. The van der Waals surface area contributed by atoms with Crippen LogP contribution >= 0.6 is 0 Å². The molecule has 0 fully saturated rings. The summed E-state index contributed by atoms with van der Waals surface area (Å²) in [5, 5.41) is 0. The van der Waals surface area contributed by atoms with Gasteiger partial charge in [0, 0.05) is 17.3 Å². The molecule has 4 nitrogen and oxygen atoms in total. The van der Waals surface area contributed by atoms with Crippen LogP contribution in [-0.4, -0.2) is 25.5 Å². The molecule has 7 heteroatoms. The molecule has 0 saturated heterocycles. The lowest BCUT2D eigenvalue weighted by atomic mass is 10.1. The lowest BCUT2D eigenvalue weighted by molar-refractivity contribution is -0.217. The largest absolute Gasteiger partial charge is 0.486 e. The first-order valence-electron chi connectivity index (χ1n) is 5.74. The molecular formula is C12H14F3NO3. The van der Waals surface area contributed by atoms with Crippen molar-refractivity contribution in [1.29, 1.82) is 0 Å². The van der Waals surface area contributed by atoms with Crippen LogP contribution in [0.4, 0.5) is 18.9 Å². The summed E-state index contributed by atoms with van der Waals surface area (Å²) in [7, 11) is 0. The minimum absolute atomic E-state index is 0.233. The molecule has 1 unspecified atom stereocenters. The van der Waals surface area contributed by atoms with Crippen molar-refractivity contribution in [3.05, 3.63) is 17.7 Å². The number of nitrogen functional groups attached to an aromatic ring is 1. The lowest BCUT2D eigenvalue weighted by Crippen LogP contribution is -2.28. The maximum atomic E-state index is 12.3. The third-order valence-corrected chi connectivity index (χ3v) is 2.75. The monoisotopic (exact) mass is 277 g/mol. The Bertz CT molecular complexity index is 462. The summed E-state index contributed by atoms with van der Waals surface area (Å²) in [6, 6.07) is 3.08. The van der Waals surface area contributed by atoms with E-state index in [0.29, 0.717) is 36.0 Å². The van der Waals surface area contributed by atoms with Gasteiger partial charge in [0.1, 0.15) is 13.2 Å². The van der Waals surface area contributed by atoms with Crippen molar-refractivity contribution in [3.8, 4) is 11.5 Å². The minimum atomic E-state index is -4.39. The van der Waals surface area contributed by atoms with Crippen molar-refractivity contribution < 1.29 is 27.4 Å². The topological polar surface area (TPSA) is 53.7 Å². The van der Waals surface area contributed by atoms with Gasteiger partial charge in [-0.1, -0.05) is 0 Å². The number of hydrogen-bond acceptors (Lipinski definition) is 4. The molecule has 1 aliphatic rings. The maximum absolute atomic E-state index is 12.3. The fourth-order valence-corrected chi connectivity index (χ4v) is 1.58. The van der Waals surface area contributed by atoms with Gasteiger partial charge in [-0.2, -0.15) is 13.2 Å². The zero-order valence-electron chi connectivity index (χ0n) is 10.3. The van der Waals surface area contributed by atoms with E-state index in [9.17, 15) is 13.2 Å². The smallest absolute Gasteiger partial charge is 0.414 e. The van der Waals surface area contributed by atoms with E-state index in [1.165, 1.54) is 6.07 Å². The molecule has 2 N–H and O–H groups in total. The van der Waals surface area contributed by atoms with Crippen LogP contribution in [0.15, 0.2) is 12.1 Å². The van der Waals surface area contributed by atoms with Crippen LogP contribution < -0.4 is 15.2 Å². The molecule has 0 radical (unpaired) electrons. The molecule has 106 valence electrons. The van der Waals surface area contributed by atoms with E-state index in [1.807, 2.05) is 0 Å². The van der Waals surface area contributed by atoms with Crippen molar-refractivity contribution in [2.45, 2.75) is 25.8 Å². The summed E-state index contributed by atoms with van der Waals surface area (Å²) in [5.41, 5.74) is 6.51. The minimum Gasteiger partial charge on any atom is -0.486 e. The van der Waals surface area contributed by atoms with Crippen LogP contribution in [0.3, 0.4) is 0 Å². The standard InChI is InChI=1S/C12H14F3NO3/c1-7(12(13,14)15)19-6-8-4-10-11(5-9(8)16)18-3-2-17-10/h4-5,7H,2-3,6,16H2,1H3. The van der Waals surface area contributed by atoms with Gasteiger partial charge in [-0.25, -0.2) is 0 Å². The summed E-state index contributed by atoms with van der Waals surface area (Å²) >= 11 is 0. The molecule has 1 heterocycles. The van der Waals surface area contributed by atoms with Crippen LogP contribution in [0.1, 0.15) is 12.5 Å². The van der Waals surface area contributed by atoms with E-state index in [1.54, 1.807) is 6.07 Å². The number of hydrogen-bond donors (Lipinski definition) is 1. The first-order valence-corrected chi connectivity index (χ1v) is 5.74. The highest BCUT2D eigenvalue weighted by Gasteiger charge is 2.37. The van der Waals surface area contributed by atoms with Crippen LogP contribution in [-0.2, 0) is 11.3 Å². The Balaban J connectivity index is 2.08. The summed E-state index contributed by atoms with van der Waals surface area (Å²) in [6.45, 7) is 1.54. The van der Waals surface area contributed by atoms with Crippen LogP contribution in [0.5, 0.6) is 11.5 Å². The number of fused-ring (bicyclic) bond motifs is 1. The maximum Gasteiger partial charge on any atom is 0.414 e. The van der Waals surface area contributed by atoms with Gasteiger partial charge < -0.3 is 19.9 Å². The highest BCUT2D eigenvalue weighted by atomic mass is 19.4. The summed E-state index contributed by atoms with van der Waals surface area (Å²) in [5.74, 6) is 0.968. The highest BCUT2D eigenvalue weighted by molar-refractivity contribution is 5.58. The predicted molar refractivity (Wildman–Crippen MR) is 62.2 cm³/mol. The zero-order valence-corrected chi connectivity index (χ0v) is 10.3. The van der Waals surface area contributed by atoms with Gasteiger partial charge in [0.2, 0.25) is 0 Å². The van der Waals surface area contributed by atoms with E-state index in [0.717, 1.165) is 6.92 Å². The van der Waals surface area contributed by atoms with Crippen molar-refractivity contribution in [2.75, 3.05) is 18.9 Å². The molecule has 1 atom stereocenters. The van der Waals surface area contributed by atoms with Crippen molar-refractivity contribution >= 4 is 5.69 Å². The van der Waals surface area contributed by atoms with E-state index in [4.69, 9.17) is 19.9 Å². The molecule has 19 heavy (non-hydrogen) atoms. The average Bonchev–Trinajstić information content (AvgIpc) is 2.34. The molecule has 0 saturated carbocycles. The third-order valence-electron chi connectivity index (χ3n) is 2.75. The third kappa shape index (κ3) is 3.23. The zero-order chi connectivity index (χ0) is 14.0. The van der Waals surface area contributed by atoms with Crippen LogP contribution in [0.2, 0.25) is 0 Å². The van der Waals surface area contributed by atoms with Gasteiger partial charge >= 0.3 is 6.18 Å². The van der Waals surface area contributed by atoms with Crippen molar-refractivity contribution in [3.63, 3.8) is 0 Å². The molecule has 1 aromatic carbocycles. The molecule has 2 rings (SSSR count). The second-order valence-electron chi connectivity index (χ2n) is 4.19. The molecular weight excluding hydrogens is 263 g/mol. The number of anilines is 1. The van der Waals surface area contributed by atoms with Gasteiger partial charge in [0.15, 0.2) is 17.6 Å². The summed E-state index contributed by atoms with van der Waals surface area (Å²) in [4.78, 5) is 0. The van der Waals surface area contributed by atoms with Gasteiger partial charge in [0.25, 0.3) is 0 Å². The highest BCUT2D eigenvalue weighted by Crippen LogP contribution is 2.35. The Morgan fingerprint density at radius 2 is 1.84 bits per heavy atom. The fraction of sp³-hybridized carbons (Fsp3) is 0.500. The van der Waals surface area contributed by atoms with Gasteiger partial charge in [-0.3, -0.25) is 0 Å². The Kier molecular flexibility index (Phi) is 3.75. The Morgan fingerprint density at radius 1 is 1.26 bits per heavy atom. The molecule has 1 aromatic rings. The van der Waals surface area contributed by atoms with E-state index in [2.05, 4.69) is 0 Å². The second kappa shape index (κ2) is 5.16. The summed E-state index contributed by atoms with van der Waals surface area (Å²) in [6.07, 6.45) is -6.23. The second-order valence-corrected chi connectivity index (χ2v) is 4.19. The lowest BCUT2D eigenvalue weighted by Gasteiger charge is -2.21. The number of halogens is 3.